The van der Waals surface area contributed by atoms with Crippen molar-refractivity contribution in [3.05, 3.63) is 12.2 Å². The third kappa shape index (κ3) is 4.58. The van der Waals surface area contributed by atoms with Gasteiger partial charge in [0.15, 0.2) is 0 Å². The summed E-state index contributed by atoms with van der Waals surface area (Å²) in [6.07, 6.45) is 0. The molecular weight excluding hydrogens is 192 g/mol. The Morgan fingerprint density at radius 3 is 1.64 bits per heavy atom. The van der Waals surface area contributed by atoms with Gasteiger partial charge in [0.1, 0.15) is 18.8 Å². The van der Waals surface area contributed by atoms with Crippen LogP contribution in [0, 0.1) is 0 Å². The number of carbonyl (C=O) groups excluding carboxylic acids is 2. The van der Waals surface area contributed by atoms with Gasteiger partial charge in [-0.2, -0.15) is 0 Å². The third-order valence-corrected chi connectivity index (χ3v) is 1.14. The van der Waals surface area contributed by atoms with Crippen LogP contribution in [0.1, 0.15) is 0 Å². The van der Waals surface area contributed by atoms with Crippen molar-refractivity contribution < 1.29 is 29.3 Å². The number of aliphatic hydroxyl groups is 2. The van der Waals surface area contributed by atoms with Gasteiger partial charge in [0.2, 0.25) is 0 Å². The van der Waals surface area contributed by atoms with Gasteiger partial charge >= 0.3 is 11.9 Å². The molecular formula is C8H12O6. The summed E-state index contributed by atoms with van der Waals surface area (Å²) >= 11 is 0. The lowest BCUT2D eigenvalue weighted by molar-refractivity contribution is -0.148. The van der Waals surface area contributed by atoms with Gasteiger partial charge in [0.25, 0.3) is 0 Å². The molecule has 0 aromatic heterocycles. The number of esters is 2. The van der Waals surface area contributed by atoms with E-state index >= 15 is 0 Å². The molecule has 0 atom stereocenters. The average Bonchev–Trinajstić information content (AvgIpc) is 2.21. The van der Waals surface area contributed by atoms with Crippen LogP contribution in [0.2, 0.25) is 0 Å². The minimum Gasteiger partial charge on any atom is -0.459 e. The van der Waals surface area contributed by atoms with Gasteiger partial charge in [-0.05, 0) is 0 Å². The highest BCUT2D eigenvalue weighted by atomic mass is 16.6. The fourth-order valence-electron chi connectivity index (χ4n) is 0.534. The second kappa shape index (κ2) is 7.05. The summed E-state index contributed by atoms with van der Waals surface area (Å²) in [5.41, 5.74) is -0.466. The van der Waals surface area contributed by atoms with Crippen LogP contribution in [0.25, 0.3) is 0 Å². The van der Waals surface area contributed by atoms with Gasteiger partial charge in [0, 0.05) is 0 Å². The molecule has 6 heteroatoms. The second-order valence-corrected chi connectivity index (χ2v) is 2.20. The molecule has 0 bridgehead atoms. The number of ether oxygens (including phenoxy) is 2. The molecule has 0 rings (SSSR count). The quantitative estimate of drug-likeness (QED) is 0.239. The Morgan fingerprint density at radius 1 is 1.00 bits per heavy atom. The van der Waals surface area contributed by atoms with Crippen LogP contribution in [0.15, 0.2) is 12.2 Å². The number of hydrogen-bond acceptors (Lipinski definition) is 6. The van der Waals surface area contributed by atoms with Crippen LogP contribution in [-0.4, -0.2) is 48.6 Å². The fourth-order valence-corrected chi connectivity index (χ4v) is 0.534. The Morgan fingerprint density at radius 2 is 1.36 bits per heavy atom. The van der Waals surface area contributed by atoms with E-state index in [-0.39, 0.29) is 26.4 Å². The lowest BCUT2D eigenvalue weighted by atomic mass is 10.3. The number of carbonyl (C=O) groups is 2. The van der Waals surface area contributed by atoms with Gasteiger partial charge < -0.3 is 19.7 Å². The van der Waals surface area contributed by atoms with Crippen LogP contribution in [0.3, 0.4) is 0 Å². The van der Waals surface area contributed by atoms with Gasteiger partial charge in [-0.25, -0.2) is 9.59 Å². The van der Waals surface area contributed by atoms with E-state index in [4.69, 9.17) is 10.2 Å². The van der Waals surface area contributed by atoms with Crippen molar-refractivity contribution in [2.45, 2.75) is 0 Å². The first-order valence-corrected chi connectivity index (χ1v) is 3.88. The van der Waals surface area contributed by atoms with E-state index < -0.39 is 17.5 Å². The van der Waals surface area contributed by atoms with E-state index in [0.29, 0.717) is 0 Å². The Labute approximate surface area is 80.7 Å². The zero-order chi connectivity index (χ0) is 11.0. The molecule has 0 unspecified atom stereocenters. The molecule has 0 aliphatic carbocycles. The largest absolute Gasteiger partial charge is 0.459 e. The number of aliphatic hydroxyl groups excluding tert-OH is 2. The zero-order valence-electron chi connectivity index (χ0n) is 7.56. The highest BCUT2D eigenvalue weighted by Gasteiger charge is 2.18. The molecule has 0 radical (unpaired) electrons. The van der Waals surface area contributed by atoms with Crippen molar-refractivity contribution in [1.29, 1.82) is 0 Å². The van der Waals surface area contributed by atoms with Crippen molar-refractivity contribution in [2.75, 3.05) is 26.4 Å². The van der Waals surface area contributed by atoms with E-state index in [9.17, 15) is 9.59 Å². The maximum absolute atomic E-state index is 10.9. The molecule has 0 aromatic carbocycles. The van der Waals surface area contributed by atoms with Gasteiger partial charge in [-0.1, -0.05) is 6.58 Å². The molecule has 0 saturated carbocycles. The van der Waals surface area contributed by atoms with E-state index in [1.54, 1.807) is 0 Å². The smallest absolute Gasteiger partial charge is 0.345 e. The SMILES string of the molecule is C=C(C(=O)OCCO)C(=O)OCCO. The van der Waals surface area contributed by atoms with Crippen molar-refractivity contribution in [1.82, 2.24) is 0 Å². The molecule has 14 heavy (non-hydrogen) atoms. The molecule has 2 N–H and O–H groups in total. The van der Waals surface area contributed by atoms with Crippen molar-refractivity contribution in [2.24, 2.45) is 0 Å². The minimum atomic E-state index is -0.943. The molecule has 6 nitrogen and oxygen atoms in total. The standard InChI is InChI=1S/C8H12O6/c1-6(7(11)13-4-2-9)8(12)14-5-3-10/h9-10H,1-5H2. The van der Waals surface area contributed by atoms with Crippen LogP contribution >= 0.6 is 0 Å². The molecule has 0 fully saturated rings. The topological polar surface area (TPSA) is 93.1 Å². The Kier molecular flexibility index (Phi) is 6.34. The van der Waals surface area contributed by atoms with Crippen molar-refractivity contribution in [3.63, 3.8) is 0 Å². The first kappa shape index (κ1) is 12.6. The summed E-state index contributed by atoms with van der Waals surface area (Å²) in [7, 11) is 0. The number of rotatable bonds is 6. The van der Waals surface area contributed by atoms with E-state index in [1.807, 2.05) is 0 Å². The lowest BCUT2D eigenvalue weighted by Gasteiger charge is -2.05. The van der Waals surface area contributed by atoms with E-state index in [0.717, 1.165) is 0 Å². The normalized spacial score (nSPS) is 9.29. The molecule has 0 amide bonds. The van der Waals surface area contributed by atoms with E-state index in [1.165, 1.54) is 0 Å². The molecule has 0 aliphatic rings. The molecule has 80 valence electrons. The van der Waals surface area contributed by atoms with Gasteiger partial charge in [-0.15, -0.1) is 0 Å². The summed E-state index contributed by atoms with van der Waals surface area (Å²) in [5, 5.41) is 16.6. The molecule has 0 spiro atoms. The monoisotopic (exact) mass is 204 g/mol. The lowest BCUT2D eigenvalue weighted by Crippen LogP contribution is -2.19. The third-order valence-electron chi connectivity index (χ3n) is 1.14. The van der Waals surface area contributed by atoms with Gasteiger partial charge in [-0.3, -0.25) is 0 Å². The molecule has 0 aliphatic heterocycles. The van der Waals surface area contributed by atoms with Crippen LogP contribution in [-0.2, 0) is 19.1 Å². The maximum atomic E-state index is 10.9. The predicted octanol–water partition coefficient (Wildman–Crippen LogP) is -1.39. The predicted molar refractivity (Wildman–Crippen MR) is 45.2 cm³/mol. The second-order valence-electron chi connectivity index (χ2n) is 2.20. The summed E-state index contributed by atoms with van der Waals surface area (Å²) in [5.74, 6) is -1.89. The average molecular weight is 204 g/mol. The molecule has 0 saturated heterocycles. The van der Waals surface area contributed by atoms with Crippen molar-refractivity contribution in [3.8, 4) is 0 Å². The van der Waals surface area contributed by atoms with Crippen LogP contribution < -0.4 is 0 Å². The highest BCUT2D eigenvalue weighted by Crippen LogP contribution is 1.97. The Balaban J connectivity index is 3.92. The van der Waals surface area contributed by atoms with Gasteiger partial charge in [0.05, 0.1) is 13.2 Å². The van der Waals surface area contributed by atoms with Crippen LogP contribution in [0.5, 0.6) is 0 Å². The Hall–Kier alpha value is -1.40. The molecule has 0 aromatic rings. The first-order valence-electron chi connectivity index (χ1n) is 3.88. The summed E-state index contributed by atoms with van der Waals surface area (Å²) in [6, 6.07) is 0. The highest BCUT2D eigenvalue weighted by molar-refractivity contribution is 6.13. The summed E-state index contributed by atoms with van der Waals surface area (Å²) < 4.78 is 8.80. The summed E-state index contributed by atoms with van der Waals surface area (Å²) in [6.45, 7) is 2.08. The Bertz CT molecular complexity index is 200. The van der Waals surface area contributed by atoms with Crippen molar-refractivity contribution >= 4 is 11.9 Å². The van der Waals surface area contributed by atoms with E-state index in [2.05, 4.69) is 16.1 Å². The maximum Gasteiger partial charge on any atom is 0.345 e. The fraction of sp³-hybridized carbons (Fsp3) is 0.500. The summed E-state index contributed by atoms with van der Waals surface area (Å²) in [4.78, 5) is 21.8. The number of hydrogen-bond donors (Lipinski definition) is 2. The van der Waals surface area contributed by atoms with Crippen LogP contribution in [0.4, 0.5) is 0 Å². The first-order chi connectivity index (χ1) is 6.63. The molecule has 0 heterocycles. The zero-order valence-corrected chi connectivity index (χ0v) is 7.56. The minimum absolute atomic E-state index is 0.203.